The highest BCUT2D eigenvalue weighted by Gasteiger charge is 2.20. The number of aromatic nitrogens is 2. The largest absolute Gasteiger partial charge is 0.280 e. The number of hydrogen-bond donors (Lipinski definition) is 1. The van der Waals surface area contributed by atoms with Crippen molar-refractivity contribution in [3.63, 3.8) is 0 Å². The molecule has 16 heavy (non-hydrogen) atoms. The predicted molar refractivity (Wildman–Crippen MR) is 61.7 cm³/mol. The van der Waals surface area contributed by atoms with Gasteiger partial charge in [-0.05, 0) is 40.3 Å². The van der Waals surface area contributed by atoms with Gasteiger partial charge >= 0.3 is 0 Å². The molecule has 0 saturated carbocycles. The maximum absolute atomic E-state index is 12.7. The van der Waals surface area contributed by atoms with Crippen molar-refractivity contribution in [3.8, 4) is 11.1 Å². The summed E-state index contributed by atoms with van der Waals surface area (Å²) in [6.45, 7) is 0. The summed E-state index contributed by atoms with van der Waals surface area (Å²) in [5.74, 6) is -0.402. The van der Waals surface area contributed by atoms with E-state index in [1.165, 1.54) is 24.3 Å². The highest BCUT2D eigenvalue weighted by Crippen LogP contribution is 2.32. The van der Waals surface area contributed by atoms with Crippen LogP contribution in [0.1, 0.15) is 12.1 Å². The Hall–Kier alpha value is -1.05. The molecule has 2 rings (SSSR count). The maximum Gasteiger partial charge on any atom is 0.280 e. The van der Waals surface area contributed by atoms with Gasteiger partial charge in [-0.1, -0.05) is 12.1 Å². The first-order valence-electron chi connectivity index (χ1n) is 4.37. The molecule has 0 aliphatic rings. The van der Waals surface area contributed by atoms with Crippen molar-refractivity contribution in [2.75, 3.05) is 0 Å². The number of aromatic amines is 1. The van der Waals surface area contributed by atoms with E-state index in [-0.39, 0.29) is 5.69 Å². The summed E-state index contributed by atoms with van der Waals surface area (Å²) in [6.07, 6.45) is -2.63. The van der Waals surface area contributed by atoms with Gasteiger partial charge in [0.05, 0.1) is 0 Å². The molecule has 84 valence electrons. The number of H-pyrrole nitrogens is 1. The van der Waals surface area contributed by atoms with Crippen LogP contribution < -0.4 is 0 Å². The van der Waals surface area contributed by atoms with Crippen molar-refractivity contribution < 1.29 is 13.2 Å². The van der Waals surface area contributed by atoms with Crippen LogP contribution in [-0.4, -0.2) is 10.2 Å². The molecule has 0 spiro atoms. The second kappa shape index (κ2) is 4.44. The summed E-state index contributed by atoms with van der Waals surface area (Å²) in [5, 5.41) is 6.01. The SMILES string of the molecule is Fc1ccc(-c2c(I)n[nH]c2C(F)F)cc1. The monoisotopic (exact) mass is 338 g/mol. The molecule has 2 nitrogen and oxygen atoms in total. The third kappa shape index (κ3) is 2.06. The second-order valence-corrected chi connectivity index (χ2v) is 4.13. The molecule has 0 aliphatic heterocycles. The number of rotatable bonds is 2. The van der Waals surface area contributed by atoms with Gasteiger partial charge in [-0.2, -0.15) is 5.10 Å². The highest BCUT2D eigenvalue weighted by atomic mass is 127. The number of nitrogens with one attached hydrogen (secondary N) is 1. The van der Waals surface area contributed by atoms with E-state index in [2.05, 4.69) is 10.2 Å². The van der Waals surface area contributed by atoms with E-state index in [0.717, 1.165) is 0 Å². The van der Waals surface area contributed by atoms with Gasteiger partial charge in [-0.25, -0.2) is 13.2 Å². The number of nitrogens with zero attached hydrogens (tertiary/aromatic N) is 1. The molecule has 0 atom stereocenters. The van der Waals surface area contributed by atoms with Crippen LogP contribution in [0.2, 0.25) is 0 Å². The first-order valence-corrected chi connectivity index (χ1v) is 5.45. The maximum atomic E-state index is 12.7. The summed E-state index contributed by atoms with van der Waals surface area (Å²) >= 11 is 1.86. The van der Waals surface area contributed by atoms with E-state index in [0.29, 0.717) is 14.8 Å². The van der Waals surface area contributed by atoms with Gasteiger partial charge in [0, 0.05) is 5.56 Å². The lowest BCUT2D eigenvalue weighted by molar-refractivity contribution is 0.146. The smallest absolute Gasteiger partial charge is 0.275 e. The fourth-order valence-electron chi connectivity index (χ4n) is 1.38. The molecule has 1 heterocycles. The molecular weight excluding hydrogens is 332 g/mol. The van der Waals surface area contributed by atoms with Crippen LogP contribution in [0.3, 0.4) is 0 Å². The minimum atomic E-state index is -2.63. The van der Waals surface area contributed by atoms with Crippen molar-refractivity contribution in [1.29, 1.82) is 0 Å². The molecular formula is C10H6F3IN2. The Kier molecular flexibility index (Phi) is 3.17. The normalized spacial score (nSPS) is 11.1. The zero-order chi connectivity index (χ0) is 11.7. The molecule has 0 unspecified atom stereocenters. The van der Waals surface area contributed by atoms with Gasteiger partial charge in [-0.15, -0.1) is 0 Å². The topological polar surface area (TPSA) is 28.7 Å². The van der Waals surface area contributed by atoms with Crippen LogP contribution in [0, 0.1) is 9.52 Å². The van der Waals surface area contributed by atoms with Gasteiger partial charge < -0.3 is 0 Å². The van der Waals surface area contributed by atoms with Crippen LogP contribution in [0.15, 0.2) is 24.3 Å². The minimum absolute atomic E-state index is 0.240. The van der Waals surface area contributed by atoms with Gasteiger partial charge in [0.15, 0.2) is 0 Å². The van der Waals surface area contributed by atoms with Gasteiger partial charge in [-0.3, -0.25) is 5.10 Å². The first-order chi connectivity index (χ1) is 7.59. The average Bonchev–Trinajstić information content (AvgIpc) is 2.62. The third-order valence-electron chi connectivity index (χ3n) is 2.10. The van der Waals surface area contributed by atoms with E-state index >= 15 is 0 Å². The number of hydrogen-bond acceptors (Lipinski definition) is 1. The summed E-state index contributed by atoms with van der Waals surface area (Å²) in [5.41, 5.74) is 0.612. The lowest BCUT2D eigenvalue weighted by atomic mass is 10.1. The van der Waals surface area contributed by atoms with Crippen LogP contribution in [0.5, 0.6) is 0 Å². The number of halogens is 4. The molecule has 1 N–H and O–H groups in total. The molecule has 0 radical (unpaired) electrons. The molecule has 6 heteroatoms. The molecule has 0 aliphatic carbocycles. The Morgan fingerprint density at radius 3 is 2.38 bits per heavy atom. The molecule has 0 bridgehead atoms. The Bertz CT molecular complexity index is 493. The average molecular weight is 338 g/mol. The Labute approximate surface area is 103 Å². The van der Waals surface area contributed by atoms with E-state index < -0.39 is 12.2 Å². The Morgan fingerprint density at radius 2 is 1.81 bits per heavy atom. The van der Waals surface area contributed by atoms with Crippen LogP contribution in [0.25, 0.3) is 11.1 Å². The zero-order valence-corrected chi connectivity index (χ0v) is 10.0. The molecule has 0 saturated heterocycles. The summed E-state index contributed by atoms with van der Waals surface area (Å²) in [4.78, 5) is 0. The van der Waals surface area contributed by atoms with E-state index in [9.17, 15) is 13.2 Å². The van der Waals surface area contributed by atoms with Crippen LogP contribution in [-0.2, 0) is 0 Å². The van der Waals surface area contributed by atoms with Crippen LogP contribution >= 0.6 is 22.6 Å². The Balaban J connectivity index is 2.54. The van der Waals surface area contributed by atoms with Crippen molar-refractivity contribution >= 4 is 22.6 Å². The lowest BCUT2D eigenvalue weighted by Crippen LogP contribution is -1.89. The fraction of sp³-hybridized carbons (Fsp3) is 0.100. The van der Waals surface area contributed by atoms with Crippen LogP contribution in [0.4, 0.5) is 13.2 Å². The van der Waals surface area contributed by atoms with E-state index in [4.69, 9.17) is 0 Å². The summed E-state index contributed by atoms with van der Waals surface area (Å²) in [6, 6.07) is 5.36. The lowest BCUT2D eigenvalue weighted by Gasteiger charge is -2.02. The Morgan fingerprint density at radius 1 is 1.19 bits per heavy atom. The van der Waals surface area contributed by atoms with E-state index in [1.54, 1.807) is 0 Å². The van der Waals surface area contributed by atoms with Crippen molar-refractivity contribution in [2.24, 2.45) is 0 Å². The first kappa shape index (κ1) is 11.4. The second-order valence-electron chi connectivity index (χ2n) is 3.11. The molecule has 1 aromatic carbocycles. The van der Waals surface area contributed by atoms with Crippen molar-refractivity contribution in [2.45, 2.75) is 6.43 Å². The molecule has 0 amide bonds. The summed E-state index contributed by atoms with van der Waals surface area (Å²) in [7, 11) is 0. The van der Waals surface area contributed by atoms with Gasteiger partial charge in [0.2, 0.25) is 0 Å². The van der Waals surface area contributed by atoms with Crippen molar-refractivity contribution in [1.82, 2.24) is 10.2 Å². The van der Waals surface area contributed by atoms with Gasteiger partial charge in [0.1, 0.15) is 15.2 Å². The standard InChI is InChI=1S/C10H6F3IN2/c11-6-3-1-5(2-4-6)7-8(9(12)13)15-16-10(7)14/h1-4,9H,(H,15,16). The summed E-state index contributed by atoms with van der Waals surface area (Å²) < 4.78 is 38.5. The van der Waals surface area contributed by atoms with Crippen molar-refractivity contribution in [3.05, 3.63) is 39.5 Å². The molecule has 1 aromatic heterocycles. The number of benzene rings is 1. The minimum Gasteiger partial charge on any atom is -0.275 e. The van der Waals surface area contributed by atoms with E-state index in [1.807, 2.05) is 22.6 Å². The van der Waals surface area contributed by atoms with Gasteiger partial charge in [0.25, 0.3) is 6.43 Å². The quantitative estimate of drug-likeness (QED) is 0.830. The molecule has 0 fully saturated rings. The number of alkyl halides is 2. The fourth-order valence-corrected chi connectivity index (χ4v) is 2.10. The zero-order valence-electron chi connectivity index (χ0n) is 7.85. The molecule has 2 aromatic rings. The third-order valence-corrected chi connectivity index (χ3v) is 2.88. The predicted octanol–water partition coefficient (Wildman–Crippen LogP) is 3.76. The highest BCUT2D eigenvalue weighted by molar-refractivity contribution is 14.1.